The lowest BCUT2D eigenvalue weighted by Gasteiger charge is -2.12. The van der Waals surface area contributed by atoms with Crippen molar-refractivity contribution >= 4 is 11.6 Å². The van der Waals surface area contributed by atoms with Crippen molar-refractivity contribution in [3.63, 3.8) is 0 Å². The molecule has 0 fully saturated rings. The lowest BCUT2D eigenvalue weighted by Crippen LogP contribution is -2.18. The molecule has 0 atom stereocenters. The Bertz CT molecular complexity index is 965. The monoisotopic (exact) mass is 367 g/mol. The molecule has 134 valence electrons. The van der Waals surface area contributed by atoms with Crippen LogP contribution >= 0.6 is 0 Å². The van der Waals surface area contributed by atoms with Gasteiger partial charge in [-0.3, -0.25) is 4.79 Å². The van der Waals surface area contributed by atoms with E-state index in [1.165, 1.54) is 24.4 Å². The molecular formula is C17H10F5N3O. The Morgan fingerprint density at radius 3 is 2.50 bits per heavy atom. The van der Waals surface area contributed by atoms with Crippen LogP contribution in [0.1, 0.15) is 15.9 Å². The number of hydrogen-bond donors (Lipinski definition) is 1. The fourth-order valence-corrected chi connectivity index (χ4v) is 2.30. The zero-order valence-corrected chi connectivity index (χ0v) is 12.9. The van der Waals surface area contributed by atoms with Gasteiger partial charge in [0, 0.05) is 0 Å². The van der Waals surface area contributed by atoms with E-state index in [-0.39, 0.29) is 17.4 Å². The Hall–Kier alpha value is -3.23. The van der Waals surface area contributed by atoms with Crippen molar-refractivity contribution in [1.29, 1.82) is 0 Å². The standard InChI is InChI=1S/C17H10F5N3O/c18-10-5-6-12(13(7-10)17(20,21)22)16(26)24-11-8-23-25(9-11)15-4-2-1-3-14(15)19/h1-9H,(H,24,26). The number of hydrogen-bond acceptors (Lipinski definition) is 2. The van der Waals surface area contributed by atoms with Gasteiger partial charge in [-0.1, -0.05) is 12.1 Å². The quantitative estimate of drug-likeness (QED) is 0.697. The van der Waals surface area contributed by atoms with Crippen LogP contribution < -0.4 is 5.32 Å². The number of alkyl halides is 3. The van der Waals surface area contributed by atoms with Crippen LogP contribution in [0.25, 0.3) is 5.69 Å². The van der Waals surface area contributed by atoms with E-state index in [0.29, 0.717) is 0 Å². The van der Waals surface area contributed by atoms with E-state index < -0.39 is 34.8 Å². The molecule has 0 aliphatic heterocycles. The molecule has 2 aromatic carbocycles. The first-order valence-electron chi connectivity index (χ1n) is 7.23. The average molecular weight is 367 g/mol. The second kappa shape index (κ2) is 6.58. The highest BCUT2D eigenvalue weighted by atomic mass is 19.4. The number of para-hydroxylation sites is 1. The third kappa shape index (κ3) is 3.56. The average Bonchev–Trinajstić information content (AvgIpc) is 3.02. The minimum atomic E-state index is -4.90. The maximum atomic E-state index is 13.7. The summed E-state index contributed by atoms with van der Waals surface area (Å²) in [6, 6.07) is 7.46. The zero-order valence-electron chi connectivity index (χ0n) is 12.9. The Morgan fingerprint density at radius 2 is 1.81 bits per heavy atom. The topological polar surface area (TPSA) is 46.9 Å². The van der Waals surface area contributed by atoms with Crippen molar-refractivity contribution in [2.75, 3.05) is 5.32 Å². The molecule has 1 N–H and O–H groups in total. The van der Waals surface area contributed by atoms with Crippen LogP contribution in [0.3, 0.4) is 0 Å². The molecular weight excluding hydrogens is 357 g/mol. The van der Waals surface area contributed by atoms with Crippen LogP contribution in [-0.4, -0.2) is 15.7 Å². The van der Waals surface area contributed by atoms with Crippen LogP contribution in [0, 0.1) is 11.6 Å². The van der Waals surface area contributed by atoms with Gasteiger partial charge in [0.05, 0.1) is 29.2 Å². The van der Waals surface area contributed by atoms with Gasteiger partial charge in [0.2, 0.25) is 0 Å². The van der Waals surface area contributed by atoms with Gasteiger partial charge < -0.3 is 5.32 Å². The summed E-state index contributed by atoms with van der Waals surface area (Å²) < 4.78 is 66.9. The molecule has 1 amide bonds. The van der Waals surface area contributed by atoms with Crippen LogP contribution in [0.15, 0.2) is 54.9 Å². The SMILES string of the molecule is O=C(Nc1cnn(-c2ccccc2F)c1)c1ccc(F)cc1C(F)(F)F. The summed E-state index contributed by atoms with van der Waals surface area (Å²) >= 11 is 0. The summed E-state index contributed by atoms with van der Waals surface area (Å²) in [5.41, 5.74) is -1.98. The first kappa shape index (κ1) is 17.6. The fourth-order valence-electron chi connectivity index (χ4n) is 2.30. The normalized spacial score (nSPS) is 11.4. The highest BCUT2D eigenvalue weighted by molar-refractivity contribution is 6.05. The molecule has 3 rings (SSSR count). The van der Waals surface area contributed by atoms with E-state index in [9.17, 15) is 26.7 Å². The first-order valence-corrected chi connectivity index (χ1v) is 7.23. The predicted octanol–water partition coefficient (Wildman–Crippen LogP) is 4.42. The van der Waals surface area contributed by atoms with Gasteiger partial charge in [-0.15, -0.1) is 0 Å². The lowest BCUT2D eigenvalue weighted by atomic mass is 10.1. The Balaban J connectivity index is 1.87. The van der Waals surface area contributed by atoms with Gasteiger partial charge >= 0.3 is 6.18 Å². The highest BCUT2D eigenvalue weighted by Gasteiger charge is 2.35. The molecule has 0 unspecified atom stereocenters. The molecule has 0 aliphatic rings. The summed E-state index contributed by atoms with van der Waals surface area (Å²) in [7, 11) is 0. The Morgan fingerprint density at radius 1 is 1.08 bits per heavy atom. The minimum absolute atomic E-state index is 0.0516. The molecule has 9 heteroatoms. The van der Waals surface area contributed by atoms with Crippen molar-refractivity contribution in [3.8, 4) is 5.69 Å². The van der Waals surface area contributed by atoms with Gasteiger partial charge in [-0.25, -0.2) is 13.5 Å². The number of anilines is 1. The summed E-state index contributed by atoms with van der Waals surface area (Å²) in [6.45, 7) is 0. The maximum Gasteiger partial charge on any atom is 0.417 e. The van der Waals surface area contributed by atoms with Crippen molar-refractivity contribution in [2.24, 2.45) is 0 Å². The minimum Gasteiger partial charge on any atom is -0.319 e. The molecule has 1 aromatic heterocycles. The van der Waals surface area contributed by atoms with E-state index >= 15 is 0 Å². The third-order valence-corrected chi connectivity index (χ3v) is 3.47. The van der Waals surface area contributed by atoms with Gasteiger partial charge in [0.1, 0.15) is 17.3 Å². The third-order valence-electron chi connectivity index (χ3n) is 3.47. The predicted molar refractivity (Wildman–Crippen MR) is 82.9 cm³/mol. The van der Waals surface area contributed by atoms with Crippen LogP contribution in [0.2, 0.25) is 0 Å². The van der Waals surface area contributed by atoms with Gasteiger partial charge in [-0.2, -0.15) is 18.3 Å². The molecule has 0 saturated carbocycles. The molecule has 4 nitrogen and oxygen atoms in total. The van der Waals surface area contributed by atoms with Crippen LogP contribution in [-0.2, 0) is 6.18 Å². The molecule has 0 saturated heterocycles. The summed E-state index contributed by atoms with van der Waals surface area (Å²) in [4.78, 5) is 12.2. The molecule has 1 heterocycles. The summed E-state index contributed by atoms with van der Waals surface area (Å²) in [5.74, 6) is -2.77. The molecule has 0 radical (unpaired) electrons. The number of aromatic nitrogens is 2. The van der Waals surface area contributed by atoms with Crippen LogP contribution in [0.4, 0.5) is 27.6 Å². The van der Waals surface area contributed by atoms with E-state index in [0.717, 1.165) is 23.0 Å². The summed E-state index contributed by atoms with van der Waals surface area (Å²) in [6.07, 6.45) is -2.50. The number of carbonyl (C=O) groups is 1. The second-order valence-electron chi connectivity index (χ2n) is 5.27. The van der Waals surface area contributed by atoms with Crippen molar-refractivity contribution in [3.05, 3.63) is 77.6 Å². The number of nitrogens with one attached hydrogen (secondary N) is 1. The number of rotatable bonds is 3. The van der Waals surface area contributed by atoms with Gasteiger partial charge in [0.25, 0.3) is 5.91 Å². The number of benzene rings is 2. The fraction of sp³-hybridized carbons (Fsp3) is 0.0588. The second-order valence-corrected chi connectivity index (χ2v) is 5.27. The van der Waals surface area contributed by atoms with Crippen molar-refractivity contribution in [1.82, 2.24) is 9.78 Å². The molecule has 0 bridgehead atoms. The molecule has 0 aliphatic carbocycles. The number of nitrogens with zero attached hydrogens (tertiary/aromatic N) is 2. The maximum absolute atomic E-state index is 13.7. The molecule has 0 spiro atoms. The van der Waals surface area contributed by atoms with Crippen molar-refractivity contribution < 1.29 is 26.7 Å². The molecule has 3 aromatic rings. The smallest absolute Gasteiger partial charge is 0.319 e. The van der Waals surface area contributed by atoms with E-state index in [1.54, 1.807) is 6.07 Å². The number of amides is 1. The van der Waals surface area contributed by atoms with Gasteiger partial charge in [0.15, 0.2) is 0 Å². The zero-order chi connectivity index (χ0) is 18.9. The summed E-state index contributed by atoms with van der Waals surface area (Å²) in [5, 5.41) is 6.09. The number of carbonyl (C=O) groups excluding carboxylic acids is 1. The number of halogens is 5. The van der Waals surface area contributed by atoms with Gasteiger partial charge in [-0.05, 0) is 30.3 Å². The van der Waals surface area contributed by atoms with E-state index in [4.69, 9.17) is 0 Å². The van der Waals surface area contributed by atoms with Crippen molar-refractivity contribution in [2.45, 2.75) is 6.18 Å². The highest BCUT2D eigenvalue weighted by Crippen LogP contribution is 2.33. The van der Waals surface area contributed by atoms with Crippen LogP contribution in [0.5, 0.6) is 0 Å². The molecule has 26 heavy (non-hydrogen) atoms. The first-order chi connectivity index (χ1) is 12.3. The Kier molecular flexibility index (Phi) is 4.45. The lowest BCUT2D eigenvalue weighted by molar-refractivity contribution is -0.138. The van der Waals surface area contributed by atoms with E-state index in [1.807, 2.05) is 0 Å². The van der Waals surface area contributed by atoms with E-state index in [2.05, 4.69) is 10.4 Å². The Labute approximate surface area is 143 Å². The largest absolute Gasteiger partial charge is 0.417 e.